The molecule has 0 unspecified atom stereocenters. The predicted molar refractivity (Wildman–Crippen MR) is 91.5 cm³/mol. The van der Waals surface area contributed by atoms with E-state index in [1.54, 1.807) is 4.72 Å². The van der Waals surface area contributed by atoms with Gasteiger partial charge in [0, 0.05) is 5.39 Å². The number of rotatable bonds is 5. The van der Waals surface area contributed by atoms with Gasteiger partial charge in [-0.1, -0.05) is 6.07 Å². The number of halogens is 1. The molecule has 2 aromatic carbocycles. The number of carbonyl (C=O) groups excluding carboxylic acids is 1. The van der Waals surface area contributed by atoms with Crippen molar-refractivity contribution >= 4 is 38.7 Å². The minimum Gasteiger partial charge on any atom is -0.506 e. The maximum Gasteiger partial charge on any atom is 0.404 e. The zero-order valence-electron chi connectivity index (χ0n) is 13.6. The molecule has 1 saturated heterocycles. The van der Waals surface area contributed by atoms with E-state index >= 15 is 0 Å². The summed E-state index contributed by atoms with van der Waals surface area (Å²) < 4.78 is 46.3. The molecule has 0 aliphatic carbocycles. The van der Waals surface area contributed by atoms with E-state index in [9.17, 15) is 27.5 Å². The van der Waals surface area contributed by atoms with Crippen LogP contribution >= 0.6 is 0 Å². The van der Waals surface area contributed by atoms with Gasteiger partial charge in [0.2, 0.25) is 0 Å². The maximum absolute atomic E-state index is 15.0. The van der Waals surface area contributed by atoms with Crippen LogP contribution in [0.3, 0.4) is 0 Å². The number of carboxylic acid groups (broad SMARTS) is 1. The summed E-state index contributed by atoms with van der Waals surface area (Å²) >= 11 is 0. The number of amides is 2. The van der Waals surface area contributed by atoms with Crippen LogP contribution in [0.25, 0.3) is 10.8 Å². The topological polar surface area (TPSA) is 145 Å². The van der Waals surface area contributed by atoms with Crippen molar-refractivity contribution < 1.29 is 37.3 Å². The van der Waals surface area contributed by atoms with Gasteiger partial charge in [0.05, 0.1) is 6.54 Å². The standard InChI is InChI=1S/C15H14FN3O7S/c16-13-10-6-9(26-4-3-17-15(22)23)2-1-8(10)5-11(20)14(13)19-7-12(21)18-27(19,24)25/h1-2,5-6,17,20H,3-4,7H2,(H,18,21)(H,22,23). The molecule has 1 aliphatic rings. The van der Waals surface area contributed by atoms with Crippen molar-refractivity contribution in [1.82, 2.24) is 10.0 Å². The summed E-state index contributed by atoms with van der Waals surface area (Å²) in [6.07, 6.45) is -1.21. The molecule has 2 aromatic rings. The Morgan fingerprint density at radius 3 is 2.74 bits per heavy atom. The highest BCUT2D eigenvalue weighted by Gasteiger charge is 2.37. The fourth-order valence-electron chi connectivity index (χ4n) is 2.61. The van der Waals surface area contributed by atoms with E-state index in [-0.39, 0.29) is 29.7 Å². The molecular formula is C15H14FN3O7S. The Hall–Kier alpha value is -3.28. The van der Waals surface area contributed by atoms with Gasteiger partial charge in [-0.25, -0.2) is 18.2 Å². The van der Waals surface area contributed by atoms with E-state index in [1.807, 2.05) is 0 Å². The van der Waals surface area contributed by atoms with Gasteiger partial charge in [-0.3, -0.25) is 4.79 Å². The maximum atomic E-state index is 15.0. The molecule has 0 radical (unpaired) electrons. The summed E-state index contributed by atoms with van der Waals surface area (Å²) in [4.78, 5) is 21.8. The number of phenols is 1. The van der Waals surface area contributed by atoms with Crippen LogP contribution in [0.2, 0.25) is 0 Å². The molecule has 3 rings (SSSR count). The van der Waals surface area contributed by atoms with E-state index in [1.165, 1.54) is 24.3 Å². The molecule has 12 heteroatoms. The van der Waals surface area contributed by atoms with Crippen LogP contribution in [0, 0.1) is 5.82 Å². The average molecular weight is 399 g/mol. The lowest BCUT2D eigenvalue weighted by Gasteiger charge is -2.18. The molecule has 0 aromatic heterocycles. The number of ether oxygens (including phenoxy) is 1. The Kier molecular flexibility index (Phi) is 4.66. The first-order chi connectivity index (χ1) is 12.7. The summed E-state index contributed by atoms with van der Waals surface area (Å²) in [5.74, 6) is -2.32. The fourth-order valence-corrected chi connectivity index (χ4v) is 3.77. The molecule has 4 N–H and O–H groups in total. The van der Waals surface area contributed by atoms with Crippen molar-refractivity contribution in [3.8, 4) is 11.5 Å². The van der Waals surface area contributed by atoms with E-state index in [0.29, 0.717) is 4.31 Å². The molecule has 1 aliphatic heterocycles. The number of phenolic OH excluding ortho intramolecular Hbond substituents is 1. The minimum absolute atomic E-state index is 0.0104. The number of carbonyl (C=O) groups is 2. The van der Waals surface area contributed by atoms with Gasteiger partial charge in [0.25, 0.3) is 5.91 Å². The molecule has 10 nitrogen and oxygen atoms in total. The van der Waals surface area contributed by atoms with Crippen molar-refractivity contribution in [3.05, 3.63) is 30.1 Å². The van der Waals surface area contributed by atoms with Crippen LogP contribution < -0.4 is 19.1 Å². The van der Waals surface area contributed by atoms with Crippen molar-refractivity contribution in [2.45, 2.75) is 0 Å². The number of nitrogens with one attached hydrogen (secondary N) is 2. The van der Waals surface area contributed by atoms with Gasteiger partial charge >= 0.3 is 16.3 Å². The highest BCUT2D eigenvalue weighted by Crippen LogP contribution is 2.39. The summed E-state index contributed by atoms with van der Waals surface area (Å²) in [6.45, 7) is -0.658. The second-order valence-corrected chi connectivity index (χ2v) is 7.15. The lowest BCUT2D eigenvalue weighted by Crippen LogP contribution is -2.30. The normalized spacial score (nSPS) is 15.6. The summed E-state index contributed by atoms with van der Waals surface area (Å²) in [7, 11) is -4.30. The number of aromatic hydroxyl groups is 1. The van der Waals surface area contributed by atoms with Crippen molar-refractivity contribution in [2.75, 3.05) is 24.0 Å². The number of benzene rings is 2. The molecule has 144 valence electrons. The van der Waals surface area contributed by atoms with Crippen LogP contribution in [0.15, 0.2) is 24.3 Å². The van der Waals surface area contributed by atoms with E-state index in [2.05, 4.69) is 5.32 Å². The lowest BCUT2D eigenvalue weighted by molar-refractivity contribution is -0.117. The second-order valence-electron chi connectivity index (χ2n) is 5.56. The first kappa shape index (κ1) is 18.5. The Morgan fingerprint density at radius 1 is 1.37 bits per heavy atom. The predicted octanol–water partition coefficient (Wildman–Crippen LogP) is 0.512. The number of hydrogen-bond acceptors (Lipinski definition) is 6. The molecule has 27 heavy (non-hydrogen) atoms. The number of hydrogen-bond donors (Lipinski definition) is 4. The zero-order valence-corrected chi connectivity index (χ0v) is 14.4. The van der Waals surface area contributed by atoms with Crippen molar-refractivity contribution in [2.24, 2.45) is 0 Å². The smallest absolute Gasteiger partial charge is 0.404 e. The number of fused-ring (bicyclic) bond motifs is 1. The first-order valence-electron chi connectivity index (χ1n) is 7.57. The Bertz CT molecular complexity index is 1040. The minimum atomic E-state index is -4.30. The van der Waals surface area contributed by atoms with E-state index < -0.39 is 46.0 Å². The Morgan fingerprint density at radius 2 is 2.11 bits per heavy atom. The van der Waals surface area contributed by atoms with Crippen LogP contribution in [0.1, 0.15) is 0 Å². The second kappa shape index (κ2) is 6.79. The highest BCUT2D eigenvalue weighted by atomic mass is 32.2. The quantitative estimate of drug-likeness (QED) is 0.536. The Labute approximate surface area is 152 Å². The third kappa shape index (κ3) is 3.65. The SMILES string of the molecule is O=C(O)NCCOc1ccc2cc(O)c(N3CC(=O)NS3(=O)=O)c(F)c2c1. The molecule has 0 atom stereocenters. The Balaban J connectivity index is 1.97. The summed E-state index contributed by atoms with van der Waals surface area (Å²) in [5, 5.41) is 20.9. The number of nitrogens with zero attached hydrogens (tertiary/aromatic N) is 1. The van der Waals surface area contributed by atoms with Crippen molar-refractivity contribution in [1.29, 1.82) is 0 Å². The first-order valence-corrected chi connectivity index (χ1v) is 9.01. The highest BCUT2D eigenvalue weighted by molar-refractivity contribution is 7.92. The zero-order chi connectivity index (χ0) is 19.8. The van der Waals surface area contributed by atoms with Crippen LogP contribution in [-0.4, -0.2) is 50.3 Å². The third-order valence-electron chi connectivity index (χ3n) is 3.72. The van der Waals surface area contributed by atoms with Gasteiger partial charge in [0.1, 0.15) is 30.3 Å². The number of anilines is 1. The van der Waals surface area contributed by atoms with E-state index in [4.69, 9.17) is 9.84 Å². The molecule has 1 fully saturated rings. The molecule has 1 heterocycles. The van der Waals surface area contributed by atoms with Gasteiger partial charge in [-0.15, -0.1) is 0 Å². The largest absolute Gasteiger partial charge is 0.506 e. The molecular weight excluding hydrogens is 385 g/mol. The monoisotopic (exact) mass is 399 g/mol. The van der Waals surface area contributed by atoms with Crippen LogP contribution in [0.5, 0.6) is 11.5 Å². The van der Waals surface area contributed by atoms with Gasteiger partial charge in [-0.05, 0) is 23.6 Å². The van der Waals surface area contributed by atoms with Crippen molar-refractivity contribution in [3.63, 3.8) is 0 Å². The summed E-state index contributed by atoms with van der Waals surface area (Å²) in [6, 6.07) is 5.39. The van der Waals surface area contributed by atoms with Crippen LogP contribution in [0.4, 0.5) is 14.9 Å². The van der Waals surface area contributed by atoms with Crippen LogP contribution in [-0.2, 0) is 15.0 Å². The molecule has 2 amide bonds. The third-order valence-corrected chi connectivity index (χ3v) is 5.10. The van der Waals surface area contributed by atoms with Gasteiger partial charge in [0.15, 0.2) is 5.82 Å². The van der Waals surface area contributed by atoms with Gasteiger partial charge < -0.3 is 20.3 Å². The molecule has 0 spiro atoms. The summed E-state index contributed by atoms with van der Waals surface area (Å²) in [5.41, 5.74) is -0.648. The fraction of sp³-hybridized carbons (Fsp3) is 0.200. The van der Waals surface area contributed by atoms with E-state index in [0.717, 1.165) is 0 Å². The average Bonchev–Trinajstić information content (AvgIpc) is 2.84. The molecule has 0 bridgehead atoms. The van der Waals surface area contributed by atoms with Gasteiger partial charge in [-0.2, -0.15) is 8.42 Å². The molecule has 0 saturated carbocycles. The lowest BCUT2D eigenvalue weighted by atomic mass is 10.1.